The van der Waals surface area contributed by atoms with E-state index in [9.17, 15) is 4.79 Å². The first-order valence-electron chi connectivity index (χ1n) is 5.80. The van der Waals surface area contributed by atoms with E-state index in [0.717, 1.165) is 0 Å². The topological polar surface area (TPSA) is 49.8 Å². The van der Waals surface area contributed by atoms with Crippen molar-refractivity contribution in [2.45, 2.75) is 24.9 Å². The number of carboxylic acids is 1. The molecule has 2 heterocycles. The van der Waals surface area contributed by atoms with Crippen molar-refractivity contribution in [1.29, 1.82) is 0 Å². The molecular weight excluding hydrogens is 226 g/mol. The lowest BCUT2D eigenvalue weighted by Gasteiger charge is -2.36. The number of aliphatic carboxylic acids is 1. The second-order valence-corrected chi connectivity index (χ2v) is 5.78. The lowest BCUT2D eigenvalue weighted by atomic mass is 9.99. The number of ether oxygens (including phenoxy) is 1. The Kier molecular flexibility index (Phi) is 4.10. The fraction of sp³-hybridized carbons (Fsp3) is 0.909. The molecule has 0 saturated carbocycles. The van der Waals surface area contributed by atoms with Gasteiger partial charge in [-0.05, 0) is 31.4 Å². The van der Waals surface area contributed by atoms with Gasteiger partial charge in [0.15, 0.2) is 0 Å². The summed E-state index contributed by atoms with van der Waals surface area (Å²) in [5.74, 6) is 1.32. The molecule has 0 aromatic heterocycles. The maximum absolute atomic E-state index is 11.1. The number of carboxylic acid groups (broad SMARTS) is 1. The van der Waals surface area contributed by atoms with Gasteiger partial charge in [-0.3, -0.25) is 9.69 Å². The summed E-state index contributed by atoms with van der Waals surface area (Å²) in [6, 6.07) is 0.598. The van der Waals surface area contributed by atoms with Crippen LogP contribution in [0.25, 0.3) is 0 Å². The highest BCUT2D eigenvalue weighted by Crippen LogP contribution is 2.27. The Morgan fingerprint density at radius 2 is 2.06 bits per heavy atom. The first kappa shape index (κ1) is 12.2. The van der Waals surface area contributed by atoms with Crippen LogP contribution in [-0.4, -0.2) is 59.8 Å². The van der Waals surface area contributed by atoms with E-state index < -0.39 is 5.97 Å². The van der Waals surface area contributed by atoms with E-state index in [0.29, 0.717) is 19.3 Å². The molecule has 2 fully saturated rings. The number of nitrogens with zero attached hydrogens (tertiary/aromatic N) is 1. The van der Waals surface area contributed by atoms with Crippen molar-refractivity contribution in [3.8, 4) is 0 Å². The van der Waals surface area contributed by atoms with Crippen LogP contribution in [-0.2, 0) is 9.53 Å². The summed E-state index contributed by atoms with van der Waals surface area (Å²) in [7, 11) is 2.05. The summed E-state index contributed by atoms with van der Waals surface area (Å²) < 4.78 is 5.32. The molecule has 4 nitrogen and oxygen atoms in total. The third kappa shape index (κ3) is 2.52. The van der Waals surface area contributed by atoms with Crippen molar-refractivity contribution < 1.29 is 14.6 Å². The largest absolute Gasteiger partial charge is 0.481 e. The number of likely N-dealkylation sites (N-methyl/N-ethyl adjacent to an activating group) is 1. The zero-order chi connectivity index (χ0) is 11.5. The number of thioether (sulfide) groups is 1. The molecule has 0 aromatic rings. The molecule has 2 unspecified atom stereocenters. The Morgan fingerprint density at radius 1 is 1.38 bits per heavy atom. The summed E-state index contributed by atoms with van der Waals surface area (Å²) >= 11 is 1.99. The molecular formula is C11H19NO3S. The predicted molar refractivity (Wildman–Crippen MR) is 63.8 cm³/mol. The van der Waals surface area contributed by atoms with Crippen molar-refractivity contribution in [2.75, 3.05) is 31.8 Å². The highest BCUT2D eigenvalue weighted by atomic mass is 32.2. The van der Waals surface area contributed by atoms with E-state index in [4.69, 9.17) is 9.84 Å². The normalized spacial score (nSPS) is 32.1. The van der Waals surface area contributed by atoms with E-state index in [1.165, 1.54) is 24.3 Å². The molecule has 2 atom stereocenters. The summed E-state index contributed by atoms with van der Waals surface area (Å²) in [4.78, 5) is 13.3. The van der Waals surface area contributed by atoms with Gasteiger partial charge in [0.2, 0.25) is 0 Å². The standard InChI is InChI=1S/C11H19NO3S/c1-12(8-2-4-16-5-3-8)10-7-15-6-9(10)11(13)14/h8-10H,2-7H2,1H3,(H,13,14). The maximum atomic E-state index is 11.1. The summed E-state index contributed by atoms with van der Waals surface area (Å²) in [5, 5.41) is 9.12. The van der Waals surface area contributed by atoms with Gasteiger partial charge in [-0.1, -0.05) is 0 Å². The van der Waals surface area contributed by atoms with Crippen LogP contribution in [0.4, 0.5) is 0 Å². The Hall–Kier alpha value is -0.260. The van der Waals surface area contributed by atoms with Crippen LogP contribution in [0.5, 0.6) is 0 Å². The van der Waals surface area contributed by atoms with Crippen molar-refractivity contribution in [1.82, 2.24) is 4.90 Å². The van der Waals surface area contributed by atoms with E-state index in [1.807, 2.05) is 11.8 Å². The number of hydrogen-bond donors (Lipinski definition) is 1. The van der Waals surface area contributed by atoms with Crippen molar-refractivity contribution in [2.24, 2.45) is 5.92 Å². The number of carbonyl (C=O) groups is 1. The van der Waals surface area contributed by atoms with Crippen molar-refractivity contribution in [3.05, 3.63) is 0 Å². The SMILES string of the molecule is CN(C1CCSCC1)C1COCC1C(=O)O. The van der Waals surface area contributed by atoms with Gasteiger partial charge in [0, 0.05) is 12.1 Å². The van der Waals surface area contributed by atoms with Crippen LogP contribution in [0, 0.1) is 5.92 Å². The molecule has 16 heavy (non-hydrogen) atoms. The minimum atomic E-state index is -0.723. The van der Waals surface area contributed by atoms with Crippen molar-refractivity contribution in [3.63, 3.8) is 0 Å². The Balaban J connectivity index is 1.96. The van der Waals surface area contributed by atoms with Gasteiger partial charge in [-0.25, -0.2) is 0 Å². The average molecular weight is 245 g/mol. The minimum absolute atomic E-state index is 0.0607. The van der Waals surface area contributed by atoms with Gasteiger partial charge >= 0.3 is 5.97 Å². The van der Waals surface area contributed by atoms with Gasteiger partial charge in [-0.2, -0.15) is 11.8 Å². The highest BCUT2D eigenvalue weighted by Gasteiger charge is 2.38. The maximum Gasteiger partial charge on any atom is 0.310 e. The third-order valence-electron chi connectivity index (χ3n) is 3.66. The number of hydrogen-bond acceptors (Lipinski definition) is 4. The van der Waals surface area contributed by atoms with Crippen LogP contribution < -0.4 is 0 Å². The molecule has 0 spiro atoms. The fourth-order valence-corrected chi connectivity index (χ4v) is 3.63. The Morgan fingerprint density at radius 3 is 2.69 bits per heavy atom. The van der Waals surface area contributed by atoms with E-state index >= 15 is 0 Å². The second kappa shape index (κ2) is 5.38. The fourth-order valence-electron chi connectivity index (χ4n) is 2.54. The molecule has 1 N–H and O–H groups in total. The summed E-state index contributed by atoms with van der Waals surface area (Å²) in [5.41, 5.74) is 0. The lowest BCUT2D eigenvalue weighted by Crippen LogP contribution is -2.47. The quantitative estimate of drug-likeness (QED) is 0.801. The average Bonchev–Trinajstić information content (AvgIpc) is 2.78. The smallest absolute Gasteiger partial charge is 0.310 e. The zero-order valence-electron chi connectivity index (χ0n) is 9.59. The molecule has 5 heteroatoms. The number of rotatable bonds is 3. The van der Waals surface area contributed by atoms with Crippen LogP contribution in [0.15, 0.2) is 0 Å². The monoisotopic (exact) mass is 245 g/mol. The second-order valence-electron chi connectivity index (χ2n) is 4.56. The third-order valence-corrected chi connectivity index (χ3v) is 4.71. The first-order valence-corrected chi connectivity index (χ1v) is 6.96. The zero-order valence-corrected chi connectivity index (χ0v) is 10.4. The molecule has 2 aliphatic rings. The van der Waals surface area contributed by atoms with Gasteiger partial charge in [0.1, 0.15) is 0 Å². The minimum Gasteiger partial charge on any atom is -0.481 e. The molecule has 2 saturated heterocycles. The van der Waals surface area contributed by atoms with E-state index in [2.05, 4.69) is 11.9 Å². The predicted octanol–water partition coefficient (Wildman–Crippen LogP) is 0.913. The van der Waals surface area contributed by atoms with E-state index in [1.54, 1.807) is 0 Å². The van der Waals surface area contributed by atoms with Crippen LogP contribution in [0.2, 0.25) is 0 Å². The lowest BCUT2D eigenvalue weighted by molar-refractivity contribution is -0.143. The Bertz CT molecular complexity index is 256. The molecule has 0 aromatic carbocycles. The van der Waals surface area contributed by atoms with Crippen LogP contribution in [0.1, 0.15) is 12.8 Å². The molecule has 0 radical (unpaired) electrons. The summed E-state index contributed by atoms with van der Waals surface area (Å²) in [6.45, 7) is 0.933. The first-order chi connectivity index (χ1) is 7.70. The van der Waals surface area contributed by atoms with E-state index in [-0.39, 0.29) is 12.0 Å². The highest BCUT2D eigenvalue weighted by molar-refractivity contribution is 7.99. The van der Waals surface area contributed by atoms with Gasteiger partial charge < -0.3 is 9.84 Å². The van der Waals surface area contributed by atoms with Gasteiger partial charge in [-0.15, -0.1) is 0 Å². The molecule has 2 rings (SSSR count). The molecule has 0 bridgehead atoms. The van der Waals surface area contributed by atoms with Gasteiger partial charge in [0.05, 0.1) is 19.1 Å². The molecule has 2 aliphatic heterocycles. The van der Waals surface area contributed by atoms with Crippen molar-refractivity contribution >= 4 is 17.7 Å². The molecule has 0 amide bonds. The van der Waals surface area contributed by atoms with Gasteiger partial charge in [0.25, 0.3) is 0 Å². The van der Waals surface area contributed by atoms with Crippen LogP contribution in [0.3, 0.4) is 0 Å². The summed E-state index contributed by atoms with van der Waals surface area (Å²) in [6.07, 6.45) is 2.34. The Labute approximate surface area is 100 Å². The van der Waals surface area contributed by atoms with Crippen LogP contribution >= 0.6 is 11.8 Å². The molecule has 92 valence electrons. The molecule has 0 aliphatic carbocycles.